The van der Waals surface area contributed by atoms with Gasteiger partial charge < -0.3 is 5.73 Å². The number of benzene rings is 1. The second kappa shape index (κ2) is 2.81. The van der Waals surface area contributed by atoms with Crippen LogP contribution in [0.4, 0.5) is 5.69 Å². The van der Waals surface area contributed by atoms with Gasteiger partial charge in [-0.15, -0.1) is 0 Å². The number of halogens is 2. The lowest BCUT2D eigenvalue weighted by Crippen LogP contribution is -1.89. The zero-order chi connectivity index (χ0) is 7.72. The van der Waals surface area contributed by atoms with Crippen LogP contribution in [0.5, 0.6) is 0 Å². The molecule has 0 aromatic heterocycles. The normalized spacial score (nSPS) is 9.90. The molecular formula is C7H7BrClN. The Kier molecular flexibility index (Phi) is 2.21. The minimum atomic E-state index is 0.701. The molecule has 0 atom stereocenters. The second-order valence-corrected chi connectivity index (χ2v) is 3.28. The van der Waals surface area contributed by atoms with Crippen molar-refractivity contribution in [2.24, 2.45) is 0 Å². The smallest absolute Gasteiger partial charge is 0.0552 e. The maximum atomic E-state index is 5.78. The molecule has 0 amide bonds. The maximum absolute atomic E-state index is 5.78. The van der Waals surface area contributed by atoms with Crippen LogP contribution in [-0.2, 0) is 0 Å². The molecule has 0 unspecified atom stereocenters. The van der Waals surface area contributed by atoms with Crippen LogP contribution >= 0.6 is 27.5 Å². The number of nitrogens with two attached hydrogens (primary N) is 1. The Bertz CT molecular complexity index is 233. The summed E-state index contributed by atoms with van der Waals surface area (Å²) in [4.78, 5) is 0. The average Bonchev–Trinajstić information content (AvgIpc) is 1.93. The third-order valence-corrected chi connectivity index (χ3v) is 2.95. The molecule has 0 spiro atoms. The summed E-state index contributed by atoms with van der Waals surface area (Å²) >= 11 is 9.10. The maximum Gasteiger partial charge on any atom is 0.0552 e. The van der Waals surface area contributed by atoms with E-state index in [4.69, 9.17) is 17.3 Å². The molecule has 2 N–H and O–H groups in total. The van der Waals surface area contributed by atoms with Gasteiger partial charge >= 0.3 is 0 Å². The van der Waals surface area contributed by atoms with Crippen molar-refractivity contribution in [3.05, 3.63) is 27.2 Å². The zero-order valence-electron chi connectivity index (χ0n) is 5.49. The van der Waals surface area contributed by atoms with Crippen LogP contribution in [0, 0.1) is 6.92 Å². The highest BCUT2D eigenvalue weighted by atomic mass is 79.9. The van der Waals surface area contributed by atoms with Crippen molar-refractivity contribution in [1.82, 2.24) is 0 Å². The van der Waals surface area contributed by atoms with Gasteiger partial charge in [0.2, 0.25) is 0 Å². The van der Waals surface area contributed by atoms with Crippen LogP contribution in [0.1, 0.15) is 5.56 Å². The molecular weight excluding hydrogens is 213 g/mol. The van der Waals surface area contributed by atoms with E-state index < -0.39 is 0 Å². The fourth-order valence-electron chi connectivity index (χ4n) is 0.667. The molecule has 1 rings (SSSR count). The van der Waals surface area contributed by atoms with Gasteiger partial charge in [0.05, 0.1) is 5.02 Å². The Morgan fingerprint density at radius 2 is 2.10 bits per heavy atom. The third kappa shape index (κ3) is 1.27. The predicted octanol–water partition coefficient (Wildman–Crippen LogP) is 2.99. The Hall–Kier alpha value is -0.210. The highest BCUT2D eigenvalue weighted by molar-refractivity contribution is 9.10. The first kappa shape index (κ1) is 7.89. The minimum absolute atomic E-state index is 0.701. The molecule has 0 aliphatic heterocycles. The number of rotatable bonds is 0. The highest BCUT2D eigenvalue weighted by Gasteiger charge is 2.01. The van der Waals surface area contributed by atoms with Crippen molar-refractivity contribution in [2.75, 3.05) is 5.73 Å². The van der Waals surface area contributed by atoms with E-state index in [0.29, 0.717) is 5.02 Å². The molecule has 1 aromatic carbocycles. The van der Waals surface area contributed by atoms with E-state index >= 15 is 0 Å². The minimum Gasteiger partial charge on any atom is -0.398 e. The summed E-state index contributed by atoms with van der Waals surface area (Å²) in [5.41, 5.74) is 7.35. The molecule has 0 bridgehead atoms. The summed E-state index contributed by atoms with van der Waals surface area (Å²) in [6.07, 6.45) is 0. The molecule has 3 heteroatoms. The Balaban J connectivity index is 3.34. The molecule has 0 aliphatic carbocycles. The standard InChI is InChI=1S/C7H7BrClN/c1-4-6(10)3-2-5(9)7(4)8/h2-3H,10H2,1H3. The van der Waals surface area contributed by atoms with Crippen molar-refractivity contribution in [1.29, 1.82) is 0 Å². The number of nitrogen functional groups attached to an aromatic ring is 1. The van der Waals surface area contributed by atoms with Gasteiger partial charge in [0.1, 0.15) is 0 Å². The third-order valence-electron chi connectivity index (χ3n) is 1.38. The SMILES string of the molecule is Cc1c(N)ccc(Cl)c1Br. The monoisotopic (exact) mass is 219 g/mol. The van der Waals surface area contributed by atoms with Crippen LogP contribution < -0.4 is 5.73 Å². The first-order chi connectivity index (χ1) is 4.63. The summed E-state index contributed by atoms with van der Waals surface area (Å²) in [6, 6.07) is 3.57. The number of anilines is 1. The molecule has 0 saturated heterocycles. The molecule has 1 nitrogen and oxygen atoms in total. The predicted molar refractivity (Wildman–Crippen MR) is 48.3 cm³/mol. The van der Waals surface area contributed by atoms with E-state index in [1.54, 1.807) is 12.1 Å². The molecule has 10 heavy (non-hydrogen) atoms. The first-order valence-electron chi connectivity index (χ1n) is 2.83. The van der Waals surface area contributed by atoms with Crippen molar-refractivity contribution >= 4 is 33.2 Å². The fraction of sp³-hybridized carbons (Fsp3) is 0.143. The van der Waals surface area contributed by atoms with E-state index in [2.05, 4.69) is 15.9 Å². The average molecular weight is 220 g/mol. The van der Waals surface area contributed by atoms with Gasteiger partial charge in [0.25, 0.3) is 0 Å². The Morgan fingerprint density at radius 1 is 1.50 bits per heavy atom. The lowest BCUT2D eigenvalue weighted by atomic mass is 10.2. The van der Waals surface area contributed by atoms with E-state index in [-0.39, 0.29) is 0 Å². The van der Waals surface area contributed by atoms with Gasteiger partial charge in [-0.2, -0.15) is 0 Å². The molecule has 1 aromatic rings. The Labute approximate surface area is 73.3 Å². The van der Waals surface area contributed by atoms with Gasteiger partial charge in [-0.1, -0.05) is 11.6 Å². The first-order valence-corrected chi connectivity index (χ1v) is 4.00. The van der Waals surface area contributed by atoms with Crippen LogP contribution in [-0.4, -0.2) is 0 Å². The van der Waals surface area contributed by atoms with Crippen molar-refractivity contribution in [2.45, 2.75) is 6.92 Å². The second-order valence-electron chi connectivity index (χ2n) is 2.08. The molecule has 0 heterocycles. The van der Waals surface area contributed by atoms with Gasteiger partial charge in [-0.05, 0) is 40.5 Å². The molecule has 54 valence electrons. The zero-order valence-corrected chi connectivity index (χ0v) is 7.83. The molecule has 0 radical (unpaired) electrons. The summed E-state index contributed by atoms with van der Waals surface area (Å²) in [7, 11) is 0. The van der Waals surface area contributed by atoms with E-state index in [9.17, 15) is 0 Å². The summed E-state index contributed by atoms with van der Waals surface area (Å²) in [5, 5.41) is 0.701. The Morgan fingerprint density at radius 3 is 2.60 bits per heavy atom. The van der Waals surface area contributed by atoms with E-state index in [1.807, 2.05) is 6.92 Å². The lowest BCUT2D eigenvalue weighted by molar-refractivity contribution is 1.43. The molecule has 0 aliphatic rings. The van der Waals surface area contributed by atoms with E-state index in [1.165, 1.54) is 0 Å². The summed E-state index contributed by atoms with van der Waals surface area (Å²) < 4.78 is 0.883. The van der Waals surface area contributed by atoms with Crippen LogP contribution in [0.2, 0.25) is 5.02 Å². The molecule has 0 fully saturated rings. The van der Waals surface area contributed by atoms with Crippen molar-refractivity contribution in [3.63, 3.8) is 0 Å². The van der Waals surface area contributed by atoms with Gasteiger partial charge in [-0.25, -0.2) is 0 Å². The van der Waals surface area contributed by atoms with Gasteiger partial charge in [0, 0.05) is 10.2 Å². The quantitative estimate of drug-likeness (QED) is 0.668. The fourth-order valence-corrected chi connectivity index (χ4v) is 1.23. The van der Waals surface area contributed by atoms with Crippen LogP contribution in [0.3, 0.4) is 0 Å². The van der Waals surface area contributed by atoms with Crippen LogP contribution in [0.15, 0.2) is 16.6 Å². The number of hydrogen-bond donors (Lipinski definition) is 1. The van der Waals surface area contributed by atoms with Crippen molar-refractivity contribution < 1.29 is 0 Å². The summed E-state index contributed by atoms with van der Waals surface area (Å²) in [6.45, 7) is 1.92. The topological polar surface area (TPSA) is 26.0 Å². The number of hydrogen-bond acceptors (Lipinski definition) is 1. The largest absolute Gasteiger partial charge is 0.398 e. The highest BCUT2D eigenvalue weighted by Crippen LogP contribution is 2.29. The van der Waals surface area contributed by atoms with Crippen LogP contribution in [0.25, 0.3) is 0 Å². The van der Waals surface area contributed by atoms with Crippen molar-refractivity contribution in [3.8, 4) is 0 Å². The molecule has 0 saturated carbocycles. The van der Waals surface area contributed by atoms with Gasteiger partial charge in [-0.3, -0.25) is 0 Å². The lowest BCUT2D eigenvalue weighted by Gasteiger charge is -2.02. The van der Waals surface area contributed by atoms with Gasteiger partial charge in [0.15, 0.2) is 0 Å². The van der Waals surface area contributed by atoms with E-state index in [0.717, 1.165) is 15.7 Å². The summed E-state index contributed by atoms with van der Waals surface area (Å²) in [5.74, 6) is 0.